The minimum Gasteiger partial charge on any atom is -0.501 e. The molecule has 24 heavy (non-hydrogen) atoms. The van der Waals surface area contributed by atoms with Crippen molar-refractivity contribution in [2.75, 3.05) is 7.11 Å². The maximum Gasteiger partial charge on any atom is 0.184 e. The van der Waals surface area contributed by atoms with Crippen LogP contribution in [0.5, 0.6) is 0 Å². The number of rotatable bonds is 8. The number of Topliss-reactive ketones (excluding diaryl/α,β-unsaturated/α-hetero) is 2. The Balaban J connectivity index is 2.05. The molecule has 124 valence electrons. The van der Waals surface area contributed by atoms with E-state index in [4.69, 9.17) is 4.74 Å². The van der Waals surface area contributed by atoms with Crippen LogP contribution in [0.3, 0.4) is 0 Å². The van der Waals surface area contributed by atoms with Crippen molar-refractivity contribution in [3.05, 3.63) is 66.1 Å². The Morgan fingerprint density at radius 3 is 2.71 bits per heavy atom. The van der Waals surface area contributed by atoms with Gasteiger partial charge in [-0.15, -0.1) is 0 Å². The van der Waals surface area contributed by atoms with Gasteiger partial charge in [0, 0.05) is 23.8 Å². The number of ether oxygens (including phenoxy) is 1. The molecule has 0 unspecified atom stereocenters. The van der Waals surface area contributed by atoms with E-state index in [9.17, 15) is 9.59 Å². The van der Waals surface area contributed by atoms with Crippen LogP contribution in [0.25, 0.3) is 10.9 Å². The summed E-state index contributed by atoms with van der Waals surface area (Å²) in [6, 6.07) is 7.41. The van der Waals surface area contributed by atoms with E-state index in [1.54, 1.807) is 26.2 Å². The molecule has 5 heteroatoms. The molecule has 5 nitrogen and oxygen atoms in total. The van der Waals surface area contributed by atoms with Crippen LogP contribution in [0.1, 0.15) is 30.3 Å². The second-order valence-corrected chi connectivity index (χ2v) is 5.27. The zero-order valence-corrected chi connectivity index (χ0v) is 13.8. The highest BCUT2D eigenvalue weighted by Crippen LogP contribution is 2.17. The molecule has 2 aromatic rings. The summed E-state index contributed by atoms with van der Waals surface area (Å²) in [5.74, 6) is 0.382. The number of methoxy groups -OCH3 is 1. The first-order chi connectivity index (χ1) is 11.6. The first-order valence-corrected chi connectivity index (χ1v) is 7.61. The van der Waals surface area contributed by atoms with Crippen LogP contribution in [-0.2, 0) is 9.53 Å². The molecule has 0 aliphatic rings. The minimum atomic E-state index is -0.159. The van der Waals surface area contributed by atoms with E-state index in [1.165, 1.54) is 6.08 Å². The number of nitrogens with zero attached hydrogens (tertiary/aromatic N) is 1. The Labute approximate surface area is 140 Å². The zero-order valence-electron chi connectivity index (χ0n) is 13.8. The number of carbonyl (C=O) groups is 2. The number of H-pyrrole nitrogens is 1. The molecule has 1 aromatic heterocycles. The SMILES string of the molecule is C=C/C(=C\C=C(C)OC)C(=O)CCC(=O)c1n[nH]c2ccccc12. The maximum absolute atomic E-state index is 12.3. The number of aromatic amines is 1. The molecule has 0 saturated heterocycles. The van der Waals surface area contributed by atoms with Crippen molar-refractivity contribution in [1.29, 1.82) is 0 Å². The van der Waals surface area contributed by atoms with Gasteiger partial charge in [-0.25, -0.2) is 0 Å². The monoisotopic (exact) mass is 324 g/mol. The lowest BCUT2D eigenvalue weighted by molar-refractivity contribution is -0.115. The smallest absolute Gasteiger partial charge is 0.184 e. The van der Waals surface area contributed by atoms with Crippen LogP contribution in [0.2, 0.25) is 0 Å². The number of ketones is 2. The van der Waals surface area contributed by atoms with Crippen molar-refractivity contribution in [3.63, 3.8) is 0 Å². The van der Waals surface area contributed by atoms with Gasteiger partial charge in [0.05, 0.1) is 18.4 Å². The Bertz CT molecular complexity index is 828. The van der Waals surface area contributed by atoms with Gasteiger partial charge in [0.25, 0.3) is 0 Å². The lowest BCUT2D eigenvalue weighted by Gasteiger charge is -2.01. The van der Waals surface area contributed by atoms with Crippen molar-refractivity contribution >= 4 is 22.5 Å². The Hall–Kier alpha value is -2.95. The van der Waals surface area contributed by atoms with Crippen molar-refractivity contribution in [2.24, 2.45) is 0 Å². The van der Waals surface area contributed by atoms with Gasteiger partial charge in [-0.05, 0) is 25.1 Å². The van der Waals surface area contributed by atoms with E-state index in [0.29, 0.717) is 17.0 Å². The number of benzene rings is 1. The van der Waals surface area contributed by atoms with E-state index >= 15 is 0 Å². The zero-order chi connectivity index (χ0) is 17.5. The molecule has 0 atom stereocenters. The molecule has 1 aromatic carbocycles. The van der Waals surface area contributed by atoms with E-state index in [-0.39, 0.29) is 24.4 Å². The molecule has 0 spiro atoms. The molecular formula is C19H20N2O3. The normalized spacial score (nSPS) is 12.2. The molecule has 0 bridgehead atoms. The summed E-state index contributed by atoms with van der Waals surface area (Å²) in [5, 5.41) is 7.66. The maximum atomic E-state index is 12.3. The van der Waals surface area contributed by atoms with E-state index in [1.807, 2.05) is 24.3 Å². The van der Waals surface area contributed by atoms with Crippen LogP contribution < -0.4 is 0 Å². The van der Waals surface area contributed by atoms with Crippen molar-refractivity contribution in [1.82, 2.24) is 10.2 Å². The highest BCUT2D eigenvalue weighted by Gasteiger charge is 2.16. The van der Waals surface area contributed by atoms with Gasteiger partial charge in [0.15, 0.2) is 11.6 Å². The van der Waals surface area contributed by atoms with Gasteiger partial charge in [-0.3, -0.25) is 14.7 Å². The molecule has 1 N–H and O–H groups in total. The number of fused-ring (bicyclic) bond motifs is 1. The summed E-state index contributed by atoms with van der Waals surface area (Å²) in [6.45, 7) is 5.43. The van der Waals surface area contributed by atoms with E-state index < -0.39 is 0 Å². The van der Waals surface area contributed by atoms with Crippen LogP contribution in [0, 0.1) is 0 Å². The predicted molar refractivity (Wildman–Crippen MR) is 93.7 cm³/mol. The highest BCUT2D eigenvalue weighted by atomic mass is 16.5. The third-order valence-electron chi connectivity index (χ3n) is 3.68. The molecule has 0 aliphatic carbocycles. The fourth-order valence-electron chi connectivity index (χ4n) is 2.22. The molecule has 2 rings (SSSR count). The third kappa shape index (κ3) is 4.07. The van der Waals surface area contributed by atoms with E-state index in [2.05, 4.69) is 16.8 Å². The Kier molecular flexibility index (Phi) is 5.84. The molecular weight excluding hydrogens is 304 g/mol. The summed E-state index contributed by atoms with van der Waals surface area (Å²) in [7, 11) is 1.56. The van der Waals surface area contributed by atoms with Crippen molar-refractivity contribution in [3.8, 4) is 0 Å². The fraction of sp³-hybridized carbons (Fsp3) is 0.211. The van der Waals surface area contributed by atoms with Crippen LogP contribution in [0.4, 0.5) is 0 Å². The van der Waals surface area contributed by atoms with E-state index in [0.717, 1.165) is 10.9 Å². The van der Waals surface area contributed by atoms with Crippen LogP contribution >= 0.6 is 0 Å². The van der Waals surface area contributed by atoms with Gasteiger partial charge < -0.3 is 4.74 Å². The van der Waals surface area contributed by atoms with Crippen LogP contribution in [-0.4, -0.2) is 28.9 Å². The van der Waals surface area contributed by atoms with Crippen molar-refractivity contribution < 1.29 is 14.3 Å². The van der Waals surface area contributed by atoms with Gasteiger partial charge in [0.2, 0.25) is 0 Å². The molecule has 0 aliphatic heterocycles. The lowest BCUT2D eigenvalue weighted by atomic mass is 10.0. The quantitative estimate of drug-likeness (QED) is 0.347. The number of aromatic nitrogens is 2. The highest BCUT2D eigenvalue weighted by molar-refractivity contribution is 6.08. The second-order valence-electron chi connectivity index (χ2n) is 5.27. The van der Waals surface area contributed by atoms with Gasteiger partial charge >= 0.3 is 0 Å². The Morgan fingerprint density at radius 2 is 2.00 bits per heavy atom. The largest absolute Gasteiger partial charge is 0.501 e. The average molecular weight is 324 g/mol. The number of carbonyl (C=O) groups excluding carboxylic acids is 2. The number of hydrogen-bond donors (Lipinski definition) is 1. The summed E-state index contributed by atoms with van der Waals surface area (Å²) in [4.78, 5) is 24.6. The summed E-state index contributed by atoms with van der Waals surface area (Å²) < 4.78 is 5.02. The first-order valence-electron chi connectivity index (χ1n) is 7.61. The number of hydrogen-bond acceptors (Lipinski definition) is 4. The van der Waals surface area contributed by atoms with Crippen LogP contribution in [0.15, 0.2) is 60.4 Å². The topological polar surface area (TPSA) is 72.1 Å². The second kappa shape index (κ2) is 8.06. The molecule has 0 amide bonds. The summed E-state index contributed by atoms with van der Waals surface area (Å²) in [6.07, 6.45) is 5.03. The number of para-hydroxylation sites is 1. The Morgan fingerprint density at radius 1 is 1.25 bits per heavy atom. The number of nitrogens with one attached hydrogen (secondary N) is 1. The minimum absolute atomic E-state index is 0.103. The molecule has 1 heterocycles. The summed E-state index contributed by atoms with van der Waals surface area (Å²) in [5.41, 5.74) is 1.63. The fourth-order valence-corrected chi connectivity index (χ4v) is 2.22. The van der Waals surface area contributed by atoms with Crippen molar-refractivity contribution in [2.45, 2.75) is 19.8 Å². The lowest BCUT2D eigenvalue weighted by Crippen LogP contribution is -2.07. The predicted octanol–water partition coefficient (Wildman–Crippen LogP) is 3.76. The third-order valence-corrected chi connectivity index (χ3v) is 3.68. The molecule has 0 fully saturated rings. The van der Waals surface area contributed by atoms with Gasteiger partial charge in [-0.2, -0.15) is 5.10 Å². The molecule has 0 saturated carbocycles. The molecule has 0 radical (unpaired) electrons. The van der Waals surface area contributed by atoms with Gasteiger partial charge in [0.1, 0.15) is 5.69 Å². The average Bonchev–Trinajstić information content (AvgIpc) is 3.04. The standard InChI is InChI=1S/C19H20N2O3/c1-4-14(10-9-13(2)24-3)17(22)11-12-18(23)19-15-7-5-6-8-16(15)20-21-19/h4-10H,1,11-12H2,2-3H3,(H,20,21)/b13-9?,14-10+. The summed E-state index contributed by atoms with van der Waals surface area (Å²) >= 11 is 0. The first kappa shape index (κ1) is 17.4. The number of allylic oxidation sites excluding steroid dienone is 5. The van der Waals surface area contributed by atoms with Gasteiger partial charge in [-0.1, -0.05) is 30.9 Å².